The molecule has 130 valence electrons. The molecule has 0 saturated heterocycles. The van der Waals surface area contributed by atoms with Crippen molar-refractivity contribution in [2.75, 3.05) is 19.7 Å². The van der Waals surface area contributed by atoms with E-state index in [1.165, 1.54) is 0 Å². The van der Waals surface area contributed by atoms with Crippen LogP contribution in [0.15, 0.2) is 59.6 Å². The number of rotatable bonds is 5. The van der Waals surface area contributed by atoms with Crippen molar-refractivity contribution in [2.45, 2.75) is 12.5 Å². The predicted octanol–water partition coefficient (Wildman–Crippen LogP) is 1.84. The molecule has 1 amide bonds. The highest BCUT2D eigenvalue weighted by molar-refractivity contribution is 5.94. The molecule has 2 aromatic carbocycles. The van der Waals surface area contributed by atoms with Gasteiger partial charge in [-0.3, -0.25) is 9.79 Å². The summed E-state index contributed by atoms with van der Waals surface area (Å²) in [5, 5.41) is 6.05. The summed E-state index contributed by atoms with van der Waals surface area (Å²) >= 11 is 0. The predicted molar refractivity (Wildman–Crippen MR) is 97.7 cm³/mol. The summed E-state index contributed by atoms with van der Waals surface area (Å²) < 4.78 is 5.63. The van der Waals surface area contributed by atoms with E-state index in [4.69, 9.17) is 10.5 Å². The Morgan fingerprint density at radius 2 is 1.92 bits per heavy atom. The molecule has 1 aliphatic rings. The highest BCUT2D eigenvalue weighted by atomic mass is 16.5. The lowest BCUT2D eigenvalue weighted by Crippen LogP contribution is -2.38. The van der Waals surface area contributed by atoms with Gasteiger partial charge < -0.3 is 21.1 Å². The summed E-state index contributed by atoms with van der Waals surface area (Å²) in [7, 11) is 0. The fraction of sp³-hybridized carbons (Fsp3) is 0.263. The van der Waals surface area contributed by atoms with Gasteiger partial charge in [0.05, 0.1) is 19.2 Å². The van der Waals surface area contributed by atoms with Crippen LogP contribution in [0.4, 0.5) is 0 Å². The van der Waals surface area contributed by atoms with E-state index < -0.39 is 0 Å². The normalized spacial score (nSPS) is 16.5. The van der Waals surface area contributed by atoms with Gasteiger partial charge in [0.2, 0.25) is 0 Å². The fourth-order valence-electron chi connectivity index (χ4n) is 2.75. The van der Waals surface area contributed by atoms with E-state index in [1.807, 2.05) is 42.5 Å². The van der Waals surface area contributed by atoms with Gasteiger partial charge in [0, 0.05) is 24.1 Å². The molecular weight excluding hydrogens is 316 g/mol. The van der Waals surface area contributed by atoms with Gasteiger partial charge in [-0.2, -0.15) is 0 Å². The average molecular weight is 338 g/mol. The van der Waals surface area contributed by atoms with Crippen LogP contribution >= 0.6 is 0 Å². The molecule has 6 heteroatoms. The molecule has 4 N–H and O–H groups in total. The third-order valence-corrected chi connectivity index (χ3v) is 4.00. The largest absolute Gasteiger partial charge is 0.493 e. The monoisotopic (exact) mass is 338 g/mol. The van der Waals surface area contributed by atoms with Crippen LogP contribution in [0, 0.1) is 0 Å². The lowest BCUT2D eigenvalue weighted by atomic mass is 10.0. The standard InChI is InChI=1S/C19H22N4O2/c20-19(22-12-11-21-18(24)14-6-2-1-3-7-14)23-16-10-13-25-17-9-5-4-8-15(16)17/h1-9,16H,10-13H2,(H,21,24)(H3,20,22,23). The number of hydrogen-bond acceptors (Lipinski definition) is 3. The lowest BCUT2D eigenvalue weighted by Gasteiger charge is -2.26. The zero-order valence-corrected chi connectivity index (χ0v) is 13.9. The van der Waals surface area contributed by atoms with Gasteiger partial charge >= 0.3 is 0 Å². The Morgan fingerprint density at radius 3 is 2.76 bits per heavy atom. The number of para-hydroxylation sites is 1. The van der Waals surface area contributed by atoms with E-state index in [0.717, 1.165) is 17.7 Å². The average Bonchev–Trinajstić information content (AvgIpc) is 2.66. The van der Waals surface area contributed by atoms with Crippen molar-refractivity contribution in [1.82, 2.24) is 10.6 Å². The highest BCUT2D eigenvalue weighted by Gasteiger charge is 2.21. The molecule has 0 fully saturated rings. The molecular formula is C19H22N4O2. The topological polar surface area (TPSA) is 88.7 Å². The molecule has 0 aromatic heterocycles. The minimum atomic E-state index is -0.110. The molecule has 0 radical (unpaired) electrons. The number of amides is 1. The summed E-state index contributed by atoms with van der Waals surface area (Å²) in [4.78, 5) is 16.2. The Balaban J connectivity index is 1.48. The second-order valence-electron chi connectivity index (χ2n) is 5.76. The molecule has 1 unspecified atom stereocenters. The van der Waals surface area contributed by atoms with Gasteiger partial charge in [0.1, 0.15) is 5.75 Å². The smallest absolute Gasteiger partial charge is 0.251 e. The maximum atomic E-state index is 11.9. The quantitative estimate of drug-likeness (QED) is 0.441. The summed E-state index contributed by atoms with van der Waals surface area (Å²) in [6, 6.07) is 17.1. The van der Waals surface area contributed by atoms with E-state index in [0.29, 0.717) is 31.2 Å². The number of ether oxygens (including phenoxy) is 1. The van der Waals surface area contributed by atoms with Gasteiger partial charge in [0.25, 0.3) is 5.91 Å². The minimum absolute atomic E-state index is 0.0904. The van der Waals surface area contributed by atoms with Gasteiger partial charge in [-0.05, 0) is 18.2 Å². The van der Waals surface area contributed by atoms with E-state index in [9.17, 15) is 4.79 Å². The first-order chi connectivity index (χ1) is 12.2. The van der Waals surface area contributed by atoms with Crippen LogP contribution in [0.2, 0.25) is 0 Å². The van der Waals surface area contributed by atoms with Gasteiger partial charge in [-0.15, -0.1) is 0 Å². The Kier molecular flexibility index (Phi) is 5.51. The first-order valence-electron chi connectivity index (χ1n) is 8.35. The van der Waals surface area contributed by atoms with Crippen LogP contribution in [0.5, 0.6) is 5.75 Å². The first-order valence-corrected chi connectivity index (χ1v) is 8.35. The van der Waals surface area contributed by atoms with E-state index in [2.05, 4.69) is 15.6 Å². The van der Waals surface area contributed by atoms with Crippen molar-refractivity contribution >= 4 is 11.9 Å². The Hall–Kier alpha value is -3.02. The lowest BCUT2D eigenvalue weighted by molar-refractivity contribution is 0.0955. The Labute approximate surface area is 147 Å². The van der Waals surface area contributed by atoms with Gasteiger partial charge in [-0.1, -0.05) is 36.4 Å². The second-order valence-corrected chi connectivity index (χ2v) is 5.76. The van der Waals surface area contributed by atoms with Gasteiger partial charge in [0.15, 0.2) is 5.96 Å². The van der Waals surface area contributed by atoms with E-state index >= 15 is 0 Å². The number of hydrogen-bond donors (Lipinski definition) is 3. The zero-order chi connectivity index (χ0) is 17.5. The Morgan fingerprint density at radius 1 is 1.16 bits per heavy atom. The highest BCUT2D eigenvalue weighted by Crippen LogP contribution is 2.31. The number of benzene rings is 2. The maximum Gasteiger partial charge on any atom is 0.251 e. The van der Waals surface area contributed by atoms with E-state index in [-0.39, 0.29) is 11.9 Å². The molecule has 0 saturated carbocycles. The van der Waals surface area contributed by atoms with Crippen LogP contribution in [0.1, 0.15) is 28.4 Å². The second kappa shape index (κ2) is 8.19. The molecule has 0 aliphatic carbocycles. The zero-order valence-electron chi connectivity index (χ0n) is 13.9. The molecule has 1 atom stereocenters. The van der Waals surface area contributed by atoms with Crippen molar-refractivity contribution in [3.05, 3.63) is 65.7 Å². The van der Waals surface area contributed by atoms with Crippen molar-refractivity contribution < 1.29 is 9.53 Å². The summed E-state index contributed by atoms with van der Waals surface area (Å²) in [6.07, 6.45) is 0.831. The first kappa shape index (κ1) is 16.8. The van der Waals surface area contributed by atoms with Crippen molar-refractivity contribution in [2.24, 2.45) is 10.7 Å². The molecule has 3 rings (SSSR count). The molecule has 0 spiro atoms. The number of fused-ring (bicyclic) bond motifs is 1. The Bertz CT molecular complexity index is 746. The van der Waals surface area contributed by atoms with Crippen LogP contribution in [0.3, 0.4) is 0 Å². The molecule has 0 bridgehead atoms. The van der Waals surface area contributed by atoms with Crippen LogP contribution in [0.25, 0.3) is 0 Å². The number of nitrogens with zero attached hydrogens (tertiary/aromatic N) is 1. The van der Waals surface area contributed by atoms with Crippen molar-refractivity contribution in [3.8, 4) is 5.75 Å². The number of aliphatic imine (C=N–C) groups is 1. The molecule has 2 aromatic rings. The molecule has 6 nitrogen and oxygen atoms in total. The third-order valence-electron chi connectivity index (χ3n) is 4.00. The van der Waals surface area contributed by atoms with Crippen LogP contribution < -0.4 is 21.1 Å². The number of carbonyl (C=O) groups excluding carboxylic acids is 1. The van der Waals surface area contributed by atoms with Crippen molar-refractivity contribution in [1.29, 1.82) is 0 Å². The number of guanidine groups is 1. The van der Waals surface area contributed by atoms with E-state index in [1.54, 1.807) is 12.1 Å². The summed E-state index contributed by atoms with van der Waals surface area (Å²) in [5.41, 5.74) is 7.70. The summed E-state index contributed by atoms with van der Waals surface area (Å²) in [6.45, 7) is 1.50. The number of nitrogens with two attached hydrogens (primary N) is 1. The van der Waals surface area contributed by atoms with Crippen LogP contribution in [-0.4, -0.2) is 31.6 Å². The molecule has 1 heterocycles. The van der Waals surface area contributed by atoms with Crippen molar-refractivity contribution in [3.63, 3.8) is 0 Å². The van der Waals surface area contributed by atoms with Crippen LogP contribution in [-0.2, 0) is 0 Å². The van der Waals surface area contributed by atoms with Gasteiger partial charge in [-0.25, -0.2) is 0 Å². The number of nitrogens with one attached hydrogen (secondary N) is 2. The summed E-state index contributed by atoms with van der Waals surface area (Å²) in [5.74, 6) is 1.14. The number of carbonyl (C=O) groups is 1. The fourth-order valence-corrected chi connectivity index (χ4v) is 2.75. The SMILES string of the molecule is NC(=NCCNC(=O)c1ccccc1)NC1CCOc2ccccc21. The third kappa shape index (κ3) is 4.50. The minimum Gasteiger partial charge on any atom is -0.493 e. The molecule has 25 heavy (non-hydrogen) atoms. The maximum absolute atomic E-state index is 11.9. The molecule has 1 aliphatic heterocycles.